The number of benzene rings is 6. The van der Waals surface area contributed by atoms with Crippen molar-refractivity contribution in [1.29, 1.82) is 0 Å². The molecular weight excluding hydrogens is 1540 g/mol. The fourth-order valence-electron chi connectivity index (χ4n) is 12.1. The van der Waals surface area contributed by atoms with Crippen molar-refractivity contribution in [3.8, 4) is 113 Å². The number of aromatic nitrogens is 8. The number of hydrogen-bond acceptors (Lipinski definition) is 12. The maximum atomic E-state index is 11.7. The van der Waals surface area contributed by atoms with Crippen LogP contribution in [0.2, 0.25) is 0 Å². The maximum Gasteiger partial charge on any atom is 0 e. The Morgan fingerprint density at radius 3 is 0.585 bits per heavy atom. The summed E-state index contributed by atoms with van der Waals surface area (Å²) in [6.45, 7) is 25.9. The van der Waals surface area contributed by atoms with Gasteiger partial charge in [-0.3, -0.25) is 19.9 Å². The first kappa shape index (κ1) is 86.3. The van der Waals surface area contributed by atoms with Gasteiger partial charge in [-0.1, -0.05) is 163 Å². The van der Waals surface area contributed by atoms with E-state index >= 15 is 0 Å². The van der Waals surface area contributed by atoms with Gasteiger partial charge in [0, 0.05) is 147 Å². The first-order valence-corrected chi connectivity index (χ1v) is 37.2. The molecule has 0 atom stereocenters. The number of rotatable bonds is 8. The van der Waals surface area contributed by atoms with Crippen molar-refractivity contribution >= 4 is 85.5 Å². The van der Waals surface area contributed by atoms with Crippen LogP contribution in [0.25, 0.3) is 134 Å². The molecule has 2 radical (unpaired) electrons. The molecule has 0 amide bonds. The van der Waals surface area contributed by atoms with Crippen LogP contribution in [0.5, 0.6) is 23.0 Å². The van der Waals surface area contributed by atoms with Crippen LogP contribution in [0, 0.1) is 0 Å². The smallest absolute Gasteiger partial charge is 0 e. The predicted octanol–water partition coefficient (Wildman–Crippen LogP) is 22.2. The van der Waals surface area contributed by atoms with E-state index in [4.69, 9.17) is 40.1 Å². The molecule has 14 rings (SSSR count). The third kappa shape index (κ3) is 18.7. The minimum atomic E-state index is -0.177. The summed E-state index contributed by atoms with van der Waals surface area (Å²) in [6.07, 6.45) is 6.93. The van der Waals surface area contributed by atoms with Crippen LogP contribution in [0.1, 0.15) is 113 Å². The molecule has 0 saturated heterocycles. The van der Waals surface area contributed by atoms with Gasteiger partial charge in [0.05, 0.1) is 67.6 Å². The Morgan fingerprint density at radius 2 is 0.434 bits per heavy atom. The minimum Gasteiger partial charge on any atom is 0 e. The second-order valence-corrected chi connectivity index (χ2v) is 30.7. The van der Waals surface area contributed by atoms with Gasteiger partial charge in [-0.2, -0.15) is 0 Å². The Bertz CT molecular complexity index is 4720. The molecule has 14 nitrogen and oxygen atoms in total. The van der Waals surface area contributed by atoms with Crippen molar-refractivity contribution in [2.24, 2.45) is 0 Å². The number of phenolic OH excluding ortho intramolecular Hbond substituents is 4. The Kier molecular flexibility index (Phi) is 29.2. The fraction of sp³-hybridized carbons (Fsp3) is 0.200. The second kappa shape index (κ2) is 35.9. The standard InChI is InChI=1S/2C42H38N4O2.CH4.Cl2.2ClH.3Mn.2H2O/c2*1-41(2,3)27-21-29(33-11-7-9-19-43-33)39(47)31(23-27)35-17-15-25-13-14-26-16-18-36(46-38(26)37(25)45-35)32-24-28(42(4,5)6)22-30(40(32)48)34-12-8-10-20-44-34;;1-2;;;;;;;/h2*7-24,47-48H,1-6H3;1H4;;2*1H;;;;2*1H2/q;;;;;;;;+2;;/p-2. The zero-order chi connectivity index (χ0) is 72.3. The first-order chi connectivity index (χ1) is 48.2. The molecule has 0 unspecified atom stereocenters. The molecule has 0 bridgehead atoms. The number of nitrogens with zero attached hydrogens (tertiary/aromatic N) is 8. The zero-order valence-corrected chi connectivity index (χ0v) is 66.4. The molecule has 0 aliphatic carbocycles. The molecule has 8 aromatic heterocycles. The summed E-state index contributed by atoms with van der Waals surface area (Å²) in [5.41, 5.74) is 16.9. The molecular formula is C85H84Cl4Mn3N8O6. The number of fused-ring (bicyclic) bond motifs is 6. The van der Waals surface area contributed by atoms with Gasteiger partial charge in [0.1, 0.15) is 23.0 Å². The second-order valence-electron chi connectivity index (χ2n) is 28.8. The Morgan fingerprint density at radius 1 is 0.274 bits per heavy atom. The number of pyridine rings is 8. The molecule has 8 heterocycles. The molecule has 0 aliphatic rings. The first-order valence-electron chi connectivity index (χ1n) is 32.8. The van der Waals surface area contributed by atoms with Gasteiger partial charge in [-0.25, -0.2) is 19.9 Å². The van der Waals surface area contributed by atoms with Gasteiger partial charge in [0.15, 0.2) is 0 Å². The van der Waals surface area contributed by atoms with Crippen molar-refractivity contribution in [3.63, 3.8) is 0 Å². The molecule has 21 heteroatoms. The van der Waals surface area contributed by atoms with Crippen molar-refractivity contribution in [3.05, 3.63) is 241 Å². The normalized spacial score (nSPS) is 11.2. The molecule has 106 heavy (non-hydrogen) atoms. The van der Waals surface area contributed by atoms with E-state index in [0.29, 0.717) is 112 Å². The van der Waals surface area contributed by atoms with E-state index in [-0.39, 0.29) is 110 Å². The van der Waals surface area contributed by atoms with Gasteiger partial charge in [-0.15, -0.1) is 0 Å². The van der Waals surface area contributed by atoms with E-state index in [2.05, 4.69) is 125 Å². The van der Waals surface area contributed by atoms with Crippen molar-refractivity contribution in [2.45, 2.75) is 112 Å². The summed E-state index contributed by atoms with van der Waals surface area (Å²) in [4.78, 5) is 38.8. The molecule has 0 saturated carbocycles. The average molecular weight is 1620 g/mol. The summed E-state index contributed by atoms with van der Waals surface area (Å²) in [5, 5.41) is 50.4. The Labute approximate surface area is 665 Å². The zero-order valence-electron chi connectivity index (χ0n) is 59.8. The summed E-state index contributed by atoms with van der Waals surface area (Å²) in [6, 6.07) is 62.9. The fourth-order valence-corrected chi connectivity index (χ4v) is 12.1. The molecule has 8 N–H and O–H groups in total. The molecule has 0 aliphatic heterocycles. The number of halogens is 4. The van der Waals surface area contributed by atoms with Crippen LogP contribution >= 0.6 is 41.9 Å². The quantitative estimate of drug-likeness (QED) is 0.0819. The van der Waals surface area contributed by atoms with Gasteiger partial charge in [0.25, 0.3) is 0 Å². The largest absolute Gasteiger partial charge is 0 e. The topological polar surface area (TPSA) is 247 Å². The van der Waals surface area contributed by atoms with Gasteiger partial charge >= 0.3 is 33.3 Å². The summed E-state index contributed by atoms with van der Waals surface area (Å²) < 4.78 is 0. The molecule has 549 valence electrons. The predicted molar refractivity (Wildman–Crippen MR) is 428 cm³/mol. The number of phenols is 4. The van der Waals surface area contributed by atoms with E-state index in [0.717, 1.165) is 43.8 Å². The van der Waals surface area contributed by atoms with Crippen LogP contribution in [0.3, 0.4) is 0 Å². The van der Waals surface area contributed by atoms with Gasteiger partial charge in [-0.05, 0) is 165 Å². The minimum absolute atomic E-state index is 0. The molecule has 6 aromatic carbocycles. The monoisotopic (exact) mass is 1620 g/mol. The Balaban J connectivity index is 0.000000300. The van der Waals surface area contributed by atoms with E-state index in [1.54, 1.807) is 24.8 Å². The average Bonchev–Trinajstić information content (AvgIpc) is 0.758. The molecule has 0 fully saturated rings. The van der Waals surface area contributed by atoms with Crippen LogP contribution in [-0.4, -0.2) is 71.3 Å². The SMILES string of the molecule is C.CC(C)(C)c1cc(-c2ccccn2)c(O)c(-c2ccc3ccc4ccc(-c5cc(C(C)(C)C)cc(-c6ccccn6)c5O)nc4c3n2)c1.CC(C)(C)c1cc(-c2ccccn2)c(O)c(-c2ccc3ccc4ccc(-c5cc(C(C)(C)C)cc(-c6ccccn6)c5O)nc4c3n2)c1.ClCl.O.O.[Cl][Mn][Cl].[Mn].[Mn]. The van der Waals surface area contributed by atoms with E-state index in [9.17, 15) is 20.4 Å². The van der Waals surface area contributed by atoms with E-state index < -0.39 is 0 Å². The van der Waals surface area contributed by atoms with Crippen molar-refractivity contribution < 1.29 is 78.6 Å². The summed E-state index contributed by atoms with van der Waals surface area (Å²) >= 11 is 0.00694. The summed E-state index contributed by atoms with van der Waals surface area (Å²) in [7, 11) is 17.8. The number of hydrogen-bond donors (Lipinski definition) is 4. The van der Waals surface area contributed by atoms with Gasteiger partial charge < -0.3 is 31.4 Å². The summed E-state index contributed by atoms with van der Waals surface area (Å²) in [5.74, 6) is 0.531. The van der Waals surface area contributed by atoms with E-state index in [1.807, 2.05) is 194 Å². The van der Waals surface area contributed by atoms with Crippen LogP contribution in [0.15, 0.2) is 219 Å². The van der Waals surface area contributed by atoms with E-state index in [1.165, 1.54) is 0 Å². The van der Waals surface area contributed by atoms with Crippen LogP contribution in [-0.2, 0) is 68.9 Å². The Hall–Kier alpha value is -8.60. The van der Waals surface area contributed by atoms with Crippen LogP contribution in [0.4, 0.5) is 0 Å². The molecule has 0 spiro atoms. The number of aromatic hydroxyl groups is 4. The van der Waals surface area contributed by atoms with Crippen molar-refractivity contribution in [1.82, 2.24) is 39.9 Å². The van der Waals surface area contributed by atoms with Crippen LogP contribution < -0.4 is 0 Å². The van der Waals surface area contributed by atoms with Gasteiger partial charge in [0.2, 0.25) is 0 Å². The maximum absolute atomic E-state index is 11.7. The third-order valence-corrected chi connectivity index (χ3v) is 17.8. The molecule has 14 aromatic rings. The van der Waals surface area contributed by atoms with Crippen molar-refractivity contribution in [2.75, 3.05) is 0 Å². The third-order valence-electron chi connectivity index (χ3n) is 17.8.